The molecule has 0 aliphatic carbocycles. The van der Waals surface area contributed by atoms with Crippen LogP contribution >= 0.6 is 0 Å². The highest BCUT2D eigenvalue weighted by molar-refractivity contribution is 7.00. The minimum atomic E-state index is 0.143. The molecular weight excluding hydrogens is 593 g/mol. The highest BCUT2D eigenvalue weighted by Gasteiger charge is 2.41. The van der Waals surface area contributed by atoms with Gasteiger partial charge in [0.2, 0.25) is 0 Å². The van der Waals surface area contributed by atoms with Gasteiger partial charge in [-0.25, -0.2) is 0 Å². The van der Waals surface area contributed by atoms with Crippen LogP contribution in [-0.2, 0) is 0 Å². The summed E-state index contributed by atoms with van der Waals surface area (Å²) in [6, 6.07) is 52.2. The second kappa shape index (κ2) is 9.55. The van der Waals surface area contributed by atoms with Crippen LogP contribution in [0.2, 0.25) is 0 Å². The Kier molecular flexibility index (Phi) is 5.26. The molecule has 0 saturated heterocycles. The van der Waals surface area contributed by atoms with Crippen LogP contribution in [0, 0.1) is 20.8 Å². The van der Waals surface area contributed by atoms with Gasteiger partial charge in [0.15, 0.2) is 0 Å². The molecule has 2 aromatic heterocycles. The molecule has 9 aromatic rings. The van der Waals surface area contributed by atoms with Crippen molar-refractivity contribution in [1.82, 2.24) is 9.13 Å². The molecule has 7 aromatic carbocycles. The van der Waals surface area contributed by atoms with E-state index in [1.54, 1.807) is 0 Å². The number of fused-ring (bicyclic) bond motifs is 11. The predicted octanol–water partition coefficient (Wildman–Crippen LogP) is 9.42. The van der Waals surface area contributed by atoms with Gasteiger partial charge in [-0.2, -0.15) is 0 Å². The fraction of sp³-hybridized carbons (Fsp3) is 0.0667. The molecule has 0 amide bonds. The van der Waals surface area contributed by atoms with E-state index in [0.717, 1.165) is 0 Å². The van der Waals surface area contributed by atoms with Gasteiger partial charge in [0, 0.05) is 44.3 Å². The van der Waals surface area contributed by atoms with Crippen LogP contribution in [0.25, 0.3) is 55.0 Å². The fourth-order valence-electron chi connectivity index (χ4n) is 9.41. The molecule has 0 spiro atoms. The van der Waals surface area contributed by atoms with Gasteiger partial charge in [0.25, 0.3) is 6.71 Å². The van der Waals surface area contributed by atoms with Gasteiger partial charge in [-0.05, 0) is 96.8 Å². The standard InChI is InChI=1S/C45H32BN3/c1-27-23-28(2)44(29(3)24-27)48-37-18-10-7-15-31(37)33-25-34-32-21-22-40-43-45(32)49(42(34)26-41(33)48)39-20-12-9-17-36(39)46(43)35-16-8-11-19-38(35)47(40)30-13-5-4-6-14-30/h4-26H,1-3H3. The van der Waals surface area contributed by atoms with Crippen molar-refractivity contribution in [2.45, 2.75) is 20.8 Å². The van der Waals surface area contributed by atoms with Crippen LogP contribution in [0.1, 0.15) is 16.7 Å². The second-order valence-corrected chi connectivity index (χ2v) is 13.9. The van der Waals surface area contributed by atoms with Crippen LogP contribution in [0.15, 0.2) is 140 Å². The van der Waals surface area contributed by atoms with Gasteiger partial charge in [-0.1, -0.05) is 96.6 Å². The number of hydrogen-bond donors (Lipinski definition) is 0. The minimum absolute atomic E-state index is 0.143. The summed E-state index contributed by atoms with van der Waals surface area (Å²) in [6.45, 7) is 6.84. The van der Waals surface area contributed by atoms with Gasteiger partial charge in [-0.15, -0.1) is 0 Å². The van der Waals surface area contributed by atoms with Gasteiger partial charge in [0.05, 0.1) is 27.8 Å². The zero-order valence-electron chi connectivity index (χ0n) is 27.7. The topological polar surface area (TPSA) is 13.1 Å². The van der Waals surface area contributed by atoms with Crippen LogP contribution in [0.4, 0.5) is 17.1 Å². The lowest BCUT2D eigenvalue weighted by atomic mass is 9.34. The number of para-hydroxylation sites is 4. The molecule has 4 heterocycles. The van der Waals surface area contributed by atoms with Gasteiger partial charge in [0.1, 0.15) is 0 Å². The van der Waals surface area contributed by atoms with E-state index in [0.29, 0.717) is 0 Å². The Labute approximate surface area is 285 Å². The van der Waals surface area contributed by atoms with Gasteiger partial charge in [-0.3, -0.25) is 0 Å². The highest BCUT2D eigenvalue weighted by Crippen LogP contribution is 2.44. The number of hydrogen-bond acceptors (Lipinski definition) is 1. The van der Waals surface area contributed by atoms with Crippen LogP contribution in [0.3, 0.4) is 0 Å². The number of anilines is 3. The lowest BCUT2D eigenvalue weighted by molar-refractivity contribution is 1.11. The summed E-state index contributed by atoms with van der Waals surface area (Å²) in [6.07, 6.45) is 0. The number of rotatable bonds is 2. The molecule has 0 bridgehead atoms. The molecule has 0 saturated carbocycles. The van der Waals surface area contributed by atoms with E-state index in [9.17, 15) is 0 Å². The summed E-state index contributed by atoms with van der Waals surface area (Å²) in [7, 11) is 0. The maximum absolute atomic E-state index is 2.57. The van der Waals surface area contributed by atoms with Crippen LogP contribution in [0.5, 0.6) is 0 Å². The molecule has 0 fully saturated rings. The second-order valence-electron chi connectivity index (χ2n) is 13.9. The van der Waals surface area contributed by atoms with E-state index in [1.807, 2.05) is 0 Å². The third kappa shape index (κ3) is 3.43. The van der Waals surface area contributed by atoms with E-state index in [2.05, 4.69) is 174 Å². The van der Waals surface area contributed by atoms with E-state index in [4.69, 9.17) is 0 Å². The van der Waals surface area contributed by atoms with Crippen molar-refractivity contribution in [3.8, 4) is 11.4 Å². The number of benzene rings is 7. The molecule has 0 atom stereocenters. The Hall–Kier alpha value is -6.00. The molecular formula is C45H32BN3. The Morgan fingerprint density at radius 1 is 0.449 bits per heavy atom. The quantitative estimate of drug-likeness (QED) is 0.175. The van der Waals surface area contributed by atoms with Crippen LogP contribution in [-0.4, -0.2) is 15.8 Å². The number of aryl methyl sites for hydroxylation is 3. The third-order valence-corrected chi connectivity index (χ3v) is 11.1. The Morgan fingerprint density at radius 2 is 1.08 bits per heavy atom. The zero-order chi connectivity index (χ0) is 32.5. The summed E-state index contributed by atoms with van der Waals surface area (Å²) in [5.41, 5.74) is 19.3. The van der Waals surface area contributed by atoms with Crippen molar-refractivity contribution in [2.24, 2.45) is 0 Å². The molecule has 230 valence electrons. The molecule has 0 radical (unpaired) electrons. The molecule has 11 rings (SSSR count). The molecule has 49 heavy (non-hydrogen) atoms. The molecule has 2 aliphatic rings. The Balaban J connectivity index is 1.32. The molecule has 0 unspecified atom stereocenters. The SMILES string of the molecule is Cc1cc(C)c(-n2c3ccccc3c3cc4c5ccc6c7c5n(c4cc32)-c2ccccc2B7c2ccccc2N6c2ccccc2)c(C)c1. The lowest BCUT2D eigenvalue weighted by Gasteiger charge is -2.39. The van der Waals surface area contributed by atoms with Gasteiger partial charge >= 0.3 is 0 Å². The summed E-state index contributed by atoms with van der Waals surface area (Å²) in [5, 5.41) is 5.18. The number of aromatic nitrogens is 2. The fourth-order valence-corrected chi connectivity index (χ4v) is 9.41. The maximum atomic E-state index is 2.57. The average molecular weight is 626 g/mol. The molecule has 0 N–H and O–H groups in total. The van der Waals surface area contributed by atoms with Crippen molar-refractivity contribution < 1.29 is 0 Å². The largest absolute Gasteiger partial charge is 0.311 e. The van der Waals surface area contributed by atoms with E-state index >= 15 is 0 Å². The number of nitrogens with zero attached hydrogens (tertiary/aromatic N) is 3. The Morgan fingerprint density at radius 3 is 1.88 bits per heavy atom. The first-order valence-electron chi connectivity index (χ1n) is 17.2. The monoisotopic (exact) mass is 625 g/mol. The van der Waals surface area contributed by atoms with Gasteiger partial charge < -0.3 is 14.0 Å². The van der Waals surface area contributed by atoms with E-state index in [1.165, 1.54) is 105 Å². The van der Waals surface area contributed by atoms with Crippen molar-refractivity contribution in [2.75, 3.05) is 4.90 Å². The summed E-state index contributed by atoms with van der Waals surface area (Å²) in [4.78, 5) is 2.47. The first-order chi connectivity index (χ1) is 24.1. The predicted molar refractivity (Wildman–Crippen MR) is 209 cm³/mol. The van der Waals surface area contributed by atoms with Crippen molar-refractivity contribution in [3.05, 3.63) is 156 Å². The minimum Gasteiger partial charge on any atom is -0.311 e. The normalized spacial score (nSPS) is 13.1. The smallest absolute Gasteiger partial charge is 0.252 e. The summed E-state index contributed by atoms with van der Waals surface area (Å²) < 4.78 is 5.09. The lowest BCUT2D eigenvalue weighted by Crippen LogP contribution is -2.60. The van der Waals surface area contributed by atoms with E-state index in [-0.39, 0.29) is 6.71 Å². The third-order valence-electron chi connectivity index (χ3n) is 11.1. The highest BCUT2D eigenvalue weighted by atomic mass is 15.2. The molecule has 4 heteroatoms. The zero-order valence-corrected chi connectivity index (χ0v) is 27.7. The summed E-state index contributed by atoms with van der Waals surface area (Å²) >= 11 is 0. The first-order valence-corrected chi connectivity index (χ1v) is 17.2. The van der Waals surface area contributed by atoms with Crippen molar-refractivity contribution in [3.63, 3.8) is 0 Å². The first kappa shape index (κ1) is 27.0. The molecule has 3 nitrogen and oxygen atoms in total. The van der Waals surface area contributed by atoms with Crippen molar-refractivity contribution in [1.29, 1.82) is 0 Å². The van der Waals surface area contributed by atoms with Crippen LogP contribution < -0.4 is 21.3 Å². The van der Waals surface area contributed by atoms with E-state index < -0.39 is 0 Å². The maximum Gasteiger partial charge on any atom is 0.252 e. The molecule has 2 aliphatic heterocycles. The Bertz CT molecular complexity index is 2850. The summed E-state index contributed by atoms with van der Waals surface area (Å²) in [5.74, 6) is 0. The average Bonchev–Trinajstić information content (AvgIpc) is 3.62. The van der Waals surface area contributed by atoms with Crippen molar-refractivity contribution >= 4 is 83.8 Å².